The van der Waals surface area contributed by atoms with Crippen molar-refractivity contribution in [1.82, 2.24) is 0 Å². The van der Waals surface area contributed by atoms with Crippen LogP contribution in [0.15, 0.2) is 34.4 Å². The van der Waals surface area contributed by atoms with E-state index in [9.17, 15) is 0 Å². The van der Waals surface area contributed by atoms with Crippen molar-refractivity contribution in [2.45, 2.75) is 6.42 Å². The normalized spacial score (nSPS) is 10.9. The van der Waals surface area contributed by atoms with Gasteiger partial charge in [0.1, 0.15) is 0 Å². The Bertz CT molecular complexity index is 205. The quantitative estimate of drug-likeness (QED) is 0.692. The van der Waals surface area contributed by atoms with Crippen molar-refractivity contribution < 1.29 is 33.6 Å². The van der Waals surface area contributed by atoms with Gasteiger partial charge in [-0.25, -0.2) is 0 Å². The van der Waals surface area contributed by atoms with E-state index in [1.54, 1.807) is 19.2 Å². The number of hydrogen-bond acceptors (Lipinski definition) is 3. The minimum Gasteiger partial charge on any atom is -0.281 e. The van der Waals surface area contributed by atoms with Gasteiger partial charge in [0.05, 0.1) is 0 Å². The number of carbonyl (C=O) groups excluding carboxylic acids is 3. The fraction of sp³-hybridized carbons (Fsp3) is 0.100. The second-order valence-corrected chi connectivity index (χ2v) is 3.31. The van der Waals surface area contributed by atoms with Gasteiger partial charge in [0, 0.05) is 0 Å². The topological polar surface area (TPSA) is 51.2 Å². The number of allylic oxidation sites excluding steroid dienone is 5. The van der Waals surface area contributed by atoms with E-state index < -0.39 is 0 Å². The van der Waals surface area contributed by atoms with Crippen LogP contribution in [-0.4, -0.2) is 20.4 Å². The van der Waals surface area contributed by atoms with Gasteiger partial charge in [0.25, 0.3) is 20.4 Å². The second kappa shape index (κ2) is 17.8. The van der Waals surface area contributed by atoms with Crippen LogP contribution in [0, 0.1) is 0 Å². The molecule has 0 aromatic heterocycles. The summed E-state index contributed by atoms with van der Waals surface area (Å²) in [6, 6.07) is 0. The van der Waals surface area contributed by atoms with Crippen LogP contribution >= 0.6 is 0 Å². The van der Waals surface area contributed by atoms with Crippen molar-refractivity contribution in [3.05, 3.63) is 34.4 Å². The SMILES string of the molecule is C=CC1=[C]([Re])CC=C1.[C]=O.[C]=O.[C]=O. The summed E-state index contributed by atoms with van der Waals surface area (Å²) in [5, 5.41) is 0. The molecule has 0 aromatic carbocycles. The van der Waals surface area contributed by atoms with Gasteiger partial charge >= 0.3 is 60.0 Å². The van der Waals surface area contributed by atoms with Crippen molar-refractivity contribution >= 4 is 20.4 Å². The van der Waals surface area contributed by atoms with Crippen LogP contribution in [0.4, 0.5) is 0 Å². The molecule has 1 aliphatic rings. The molecular formula is C10H7O3Re. The van der Waals surface area contributed by atoms with Crippen LogP contribution < -0.4 is 0 Å². The van der Waals surface area contributed by atoms with Crippen LogP contribution in [0.2, 0.25) is 0 Å². The maximum absolute atomic E-state index is 7.50. The van der Waals surface area contributed by atoms with Gasteiger partial charge in [-0.15, -0.1) is 0 Å². The van der Waals surface area contributed by atoms with Gasteiger partial charge in [-0.3, -0.25) is 14.4 Å². The molecule has 0 spiro atoms. The molecule has 0 unspecified atom stereocenters. The minimum absolute atomic E-state index is 1.14. The third-order valence-electron chi connectivity index (χ3n) is 1.13. The molecule has 0 amide bonds. The van der Waals surface area contributed by atoms with E-state index in [-0.39, 0.29) is 0 Å². The van der Waals surface area contributed by atoms with Gasteiger partial charge in [-0.1, -0.05) is 0 Å². The molecular weight excluding hydrogens is 354 g/mol. The first-order valence-electron chi connectivity index (χ1n) is 3.13. The maximum atomic E-state index is 7.50. The fourth-order valence-corrected chi connectivity index (χ4v) is 1.50. The maximum Gasteiger partial charge on any atom is 0.281 e. The third kappa shape index (κ3) is 8.98. The molecule has 0 aliphatic heterocycles. The smallest absolute Gasteiger partial charge is 0.281 e. The van der Waals surface area contributed by atoms with Crippen LogP contribution in [0.1, 0.15) is 6.42 Å². The Kier molecular flexibility index (Phi) is 23.7. The van der Waals surface area contributed by atoms with E-state index in [0.717, 1.165) is 6.42 Å². The van der Waals surface area contributed by atoms with Crippen molar-refractivity contribution in [3.8, 4) is 0 Å². The van der Waals surface area contributed by atoms with Crippen molar-refractivity contribution in [2.24, 2.45) is 0 Å². The van der Waals surface area contributed by atoms with E-state index in [4.69, 9.17) is 14.4 Å². The van der Waals surface area contributed by atoms with E-state index in [1.807, 2.05) is 6.08 Å². The summed E-state index contributed by atoms with van der Waals surface area (Å²) >= 11 is 1.76. The zero-order valence-corrected chi connectivity index (χ0v) is 9.96. The Hall–Kier alpha value is -1.11. The second-order valence-electron chi connectivity index (χ2n) is 1.67. The third-order valence-corrected chi connectivity index (χ3v) is 2.47. The predicted octanol–water partition coefficient (Wildman–Crippen LogP) is 0.742. The van der Waals surface area contributed by atoms with Crippen LogP contribution in [-0.2, 0) is 33.6 Å². The Labute approximate surface area is 95.0 Å². The average molecular weight is 361 g/mol. The van der Waals surface area contributed by atoms with E-state index in [1.165, 1.54) is 9.62 Å². The van der Waals surface area contributed by atoms with E-state index in [0.29, 0.717) is 0 Å². The summed E-state index contributed by atoms with van der Waals surface area (Å²) in [6.45, 7) is 17.2. The van der Waals surface area contributed by atoms with Gasteiger partial charge in [0.15, 0.2) is 0 Å². The first-order chi connectivity index (χ1) is 6.84. The molecule has 14 heavy (non-hydrogen) atoms. The van der Waals surface area contributed by atoms with Crippen LogP contribution in [0.25, 0.3) is 0 Å². The monoisotopic (exact) mass is 362 g/mol. The molecule has 0 aromatic rings. The molecule has 1 aliphatic carbocycles. The van der Waals surface area contributed by atoms with E-state index in [2.05, 4.69) is 39.1 Å². The number of hydrogen-bond donors (Lipinski definition) is 0. The van der Waals surface area contributed by atoms with Crippen molar-refractivity contribution in [1.29, 1.82) is 0 Å². The predicted molar refractivity (Wildman–Crippen MR) is 48.1 cm³/mol. The minimum atomic E-state index is 1.14. The molecule has 0 saturated heterocycles. The number of rotatable bonds is 1. The summed E-state index contributed by atoms with van der Waals surface area (Å²) in [4.78, 5) is 22.5. The van der Waals surface area contributed by atoms with Gasteiger partial charge in [-0.05, 0) is 0 Å². The van der Waals surface area contributed by atoms with Crippen molar-refractivity contribution in [2.75, 3.05) is 0 Å². The Morgan fingerprint density at radius 3 is 1.79 bits per heavy atom. The first-order valence-corrected chi connectivity index (χ1v) is 4.49. The summed E-state index contributed by atoms with van der Waals surface area (Å²) < 4.78 is 1.49. The molecule has 6 radical (unpaired) electrons. The Morgan fingerprint density at radius 1 is 1.21 bits per heavy atom. The molecule has 0 atom stereocenters. The Morgan fingerprint density at radius 2 is 1.64 bits per heavy atom. The fourth-order valence-electron chi connectivity index (χ4n) is 0.676. The molecule has 0 saturated carbocycles. The first kappa shape index (κ1) is 18.6. The largest absolute Gasteiger partial charge is 0.281 e. The zero-order chi connectivity index (χ0) is 12.0. The molecule has 0 bridgehead atoms. The molecule has 72 valence electrons. The Balaban J connectivity index is -0.000000174. The summed E-state index contributed by atoms with van der Waals surface area (Å²) in [7, 11) is 0. The van der Waals surface area contributed by atoms with Crippen LogP contribution in [0.3, 0.4) is 0 Å². The van der Waals surface area contributed by atoms with Crippen molar-refractivity contribution in [3.63, 3.8) is 0 Å². The summed E-state index contributed by atoms with van der Waals surface area (Å²) in [5.74, 6) is 0. The zero-order valence-electron chi connectivity index (χ0n) is 7.25. The molecule has 1 rings (SSSR count). The molecule has 0 N–H and O–H groups in total. The summed E-state index contributed by atoms with van der Waals surface area (Å²) in [5.41, 5.74) is 1.32. The van der Waals surface area contributed by atoms with Gasteiger partial charge in [0.2, 0.25) is 0 Å². The standard InChI is InChI=1S/C7H7.3CO.Re/c1-2-7-5-3-4-6-7;3*1-2;/h2-3,5H,1,4H2;;;;. The summed E-state index contributed by atoms with van der Waals surface area (Å²) in [6.07, 6.45) is 7.35. The molecule has 3 nitrogen and oxygen atoms in total. The van der Waals surface area contributed by atoms with Gasteiger partial charge < -0.3 is 0 Å². The average Bonchev–Trinajstić information content (AvgIpc) is 2.72. The molecule has 4 heteroatoms. The van der Waals surface area contributed by atoms with Crippen LogP contribution in [0.5, 0.6) is 0 Å². The van der Waals surface area contributed by atoms with E-state index >= 15 is 0 Å². The molecule has 0 fully saturated rings. The van der Waals surface area contributed by atoms with Gasteiger partial charge in [-0.2, -0.15) is 0 Å². The molecule has 0 heterocycles.